The number of benzene rings is 1. The average Bonchev–Trinajstić information content (AvgIpc) is 2.08. The van der Waals surface area contributed by atoms with E-state index in [1.54, 1.807) is 0 Å². The standard InChI is InChI=1S/C7H2Br5/c1-2-3(8)5(10)7(12)6(11)4(2)9/h1H2. The van der Waals surface area contributed by atoms with Crippen LogP contribution < -0.4 is 0 Å². The minimum Gasteiger partial charge on any atom is -0.0492 e. The van der Waals surface area contributed by atoms with Crippen molar-refractivity contribution in [3.05, 3.63) is 34.9 Å². The first-order valence-electron chi connectivity index (χ1n) is 2.80. The van der Waals surface area contributed by atoms with E-state index in [4.69, 9.17) is 0 Å². The highest BCUT2D eigenvalue weighted by molar-refractivity contribution is 9.15. The summed E-state index contributed by atoms with van der Waals surface area (Å²) in [7, 11) is 0. The second-order valence-electron chi connectivity index (χ2n) is 2.05. The maximum Gasteiger partial charge on any atom is 0.0482 e. The third-order valence-electron chi connectivity index (χ3n) is 1.30. The third-order valence-corrected chi connectivity index (χ3v) is 7.56. The molecule has 0 aliphatic rings. The number of hydrogen-bond donors (Lipinski definition) is 0. The monoisotopic (exact) mass is 481 g/mol. The first-order chi connectivity index (χ1) is 5.46. The van der Waals surface area contributed by atoms with Gasteiger partial charge in [-0.25, -0.2) is 0 Å². The van der Waals surface area contributed by atoms with Gasteiger partial charge in [0.05, 0.1) is 0 Å². The van der Waals surface area contributed by atoms with E-state index >= 15 is 0 Å². The molecule has 0 saturated heterocycles. The molecule has 0 nitrogen and oxygen atoms in total. The molecule has 65 valence electrons. The number of rotatable bonds is 0. The van der Waals surface area contributed by atoms with E-state index in [9.17, 15) is 0 Å². The molecule has 0 aliphatic heterocycles. The fraction of sp³-hybridized carbons (Fsp3) is 0. The van der Waals surface area contributed by atoms with Crippen molar-refractivity contribution in [3.8, 4) is 0 Å². The summed E-state index contributed by atoms with van der Waals surface area (Å²) in [5.41, 5.74) is 0.914. The molecule has 0 saturated carbocycles. The molecule has 1 rings (SSSR count). The van der Waals surface area contributed by atoms with Crippen LogP contribution in [-0.4, -0.2) is 0 Å². The van der Waals surface area contributed by atoms with Crippen molar-refractivity contribution in [1.29, 1.82) is 0 Å². The van der Waals surface area contributed by atoms with E-state index in [0.717, 1.165) is 27.9 Å². The second kappa shape index (κ2) is 4.43. The van der Waals surface area contributed by atoms with Gasteiger partial charge in [0.15, 0.2) is 0 Å². The van der Waals surface area contributed by atoms with Crippen LogP contribution in [0.15, 0.2) is 22.4 Å². The van der Waals surface area contributed by atoms with E-state index in [1.165, 1.54) is 0 Å². The van der Waals surface area contributed by atoms with Crippen molar-refractivity contribution in [3.63, 3.8) is 0 Å². The summed E-state index contributed by atoms with van der Waals surface area (Å²) in [5, 5.41) is 0. The topological polar surface area (TPSA) is 0 Å². The van der Waals surface area contributed by atoms with E-state index in [0.29, 0.717) is 0 Å². The maximum atomic E-state index is 3.91. The van der Waals surface area contributed by atoms with Gasteiger partial charge in [-0.3, -0.25) is 0 Å². The Morgan fingerprint density at radius 3 is 1.17 bits per heavy atom. The zero-order valence-corrected chi connectivity index (χ0v) is 13.5. The zero-order chi connectivity index (χ0) is 9.46. The molecule has 0 spiro atoms. The fourth-order valence-corrected chi connectivity index (χ4v) is 3.78. The van der Waals surface area contributed by atoms with Crippen LogP contribution in [0.2, 0.25) is 0 Å². The van der Waals surface area contributed by atoms with Crippen LogP contribution in [-0.2, 0) is 0 Å². The molecule has 12 heavy (non-hydrogen) atoms. The normalized spacial score (nSPS) is 10.5. The van der Waals surface area contributed by atoms with Gasteiger partial charge in [0.1, 0.15) is 0 Å². The van der Waals surface area contributed by atoms with Gasteiger partial charge < -0.3 is 0 Å². The molecule has 0 unspecified atom stereocenters. The molecule has 5 heteroatoms. The van der Waals surface area contributed by atoms with Gasteiger partial charge in [-0.1, -0.05) is 0 Å². The Kier molecular flexibility index (Phi) is 4.31. The summed E-state index contributed by atoms with van der Waals surface area (Å²) in [4.78, 5) is 0. The van der Waals surface area contributed by atoms with E-state index in [2.05, 4.69) is 86.6 Å². The number of hydrogen-bond acceptors (Lipinski definition) is 0. The minimum absolute atomic E-state index is 0.914. The van der Waals surface area contributed by atoms with Crippen LogP contribution in [0.25, 0.3) is 0 Å². The van der Waals surface area contributed by atoms with Crippen molar-refractivity contribution >= 4 is 79.6 Å². The molecule has 0 aliphatic carbocycles. The van der Waals surface area contributed by atoms with Gasteiger partial charge in [0.2, 0.25) is 0 Å². The van der Waals surface area contributed by atoms with Gasteiger partial charge in [0.25, 0.3) is 0 Å². The van der Waals surface area contributed by atoms with Crippen molar-refractivity contribution < 1.29 is 0 Å². The molecule has 1 aromatic carbocycles. The van der Waals surface area contributed by atoms with Gasteiger partial charge >= 0.3 is 0 Å². The molecule has 1 radical (unpaired) electrons. The first-order valence-corrected chi connectivity index (χ1v) is 6.76. The summed E-state index contributed by atoms with van der Waals surface area (Å²) in [6, 6.07) is 0. The molecule has 0 fully saturated rings. The molecule has 0 N–H and O–H groups in total. The van der Waals surface area contributed by atoms with Crippen molar-refractivity contribution in [2.75, 3.05) is 0 Å². The van der Waals surface area contributed by atoms with Gasteiger partial charge in [-0.05, 0) is 92.1 Å². The predicted molar refractivity (Wildman–Crippen MR) is 69.4 cm³/mol. The first kappa shape index (κ1) is 11.7. The van der Waals surface area contributed by atoms with Crippen LogP contribution in [0.3, 0.4) is 0 Å². The van der Waals surface area contributed by atoms with Crippen LogP contribution in [0, 0.1) is 6.92 Å². The average molecular weight is 486 g/mol. The van der Waals surface area contributed by atoms with Crippen molar-refractivity contribution in [1.82, 2.24) is 0 Å². The smallest absolute Gasteiger partial charge is 0.0482 e. The van der Waals surface area contributed by atoms with Crippen molar-refractivity contribution in [2.45, 2.75) is 0 Å². The Hall–Kier alpha value is 1.62. The molecule has 0 heterocycles. The molecular weight excluding hydrogens is 484 g/mol. The van der Waals surface area contributed by atoms with E-state index in [1.807, 2.05) is 0 Å². The summed E-state index contributed by atoms with van der Waals surface area (Å²) < 4.78 is 4.78. The molecule has 0 atom stereocenters. The second-order valence-corrected chi connectivity index (χ2v) is 6.01. The highest BCUT2D eigenvalue weighted by Gasteiger charge is 2.13. The van der Waals surface area contributed by atoms with Crippen LogP contribution in [0.1, 0.15) is 5.56 Å². The summed E-state index contributed by atoms with van der Waals surface area (Å²) >= 11 is 17.1. The van der Waals surface area contributed by atoms with E-state index < -0.39 is 0 Å². The molecule has 0 bridgehead atoms. The zero-order valence-electron chi connectivity index (χ0n) is 5.60. The quantitative estimate of drug-likeness (QED) is 0.328. The largest absolute Gasteiger partial charge is 0.0492 e. The Balaban J connectivity index is 3.60. The summed E-state index contributed by atoms with van der Waals surface area (Å²) in [5.74, 6) is 0. The van der Waals surface area contributed by atoms with Gasteiger partial charge in [0, 0.05) is 22.4 Å². The minimum atomic E-state index is 0.914. The van der Waals surface area contributed by atoms with Gasteiger partial charge in [-0.2, -0.15) is 0 Å². The maximum absolute atomic E-state index is 3.91. The lowest BCUT2D eigenvalue weighted by molar-refractivity contribution is 1.40. The Labute approximate surface area is 113 Å². The molecule has 0 aromatic heterocycles. The fourth-order valence-electron chi connectivity index (χ4n) is 0.650. The number of halogens is 5. The highest BCUT2D eigenvalue weighted by atomic mass is 79.9. The Bertz CT molecular complexity index is 226. The Morgan fingerprint density at radius 2 is 0.833 bits per heavy atom. The molecule has 1 aromatic rings. The van der Waals surface area contributed by atoms with Crippen LogP contribution in [0.4, 0.5) is 0 Å². The van der Waals surface area contributed by atoms with Crippen LogP contribution in [0.5, 0.6) is 0 Å². The summed E-state index contributed by atoms with van der Waals surface area (Å²) in [6.45, 7) is 3.91. The molecule has 0 amide bonds. The molecular formula is C7H2Br5. The Morgan fingerprint density at radius 1 is 0.583 bits per heavy atom. The summed E-state index contributed by atoms with van der Waals surface area (Å²) in [6.07, 6.45) is 0. The van der Waals surface area contributed by atoms with E-state index in [-0.39, 0.29) is 0 Å². The lowest BCUT2D eigenvalue weighted by atomic mass is 10.2. The van der Waals surface area contributed by atoms with Gasteiger partial charge in [-0.15, -0.1) is 0 Å². The lowest BCUT2D eigenvalue weighted by Gasteiger charge is -2.09. The SMILES string of the molecule is [CH2]c1c(Br)c(Br)c(Br)c(Br)c1Br. The van der Waals surface area contributed by atoms with Crippen LogP contribution >= 0.6 is 79.6 Å². The third kappa shape index (κ3) is 2.00. The lowest BCUT2D eigenvalue weighted by Crippen LogP contribution is -1.84. The van der Waals surface area contributed by atoms with Crippen molar-refractivity contribution in [2.24, 2.45) is 0 Å². The predicted octanol–water partition coefficient (Wildman–Crippen LogP) is 5.68. The highest BCUT2D eigenvalue weighted by Crippen LogP contribution is 2.43.